The quantitative estimate of drug-likeness (QED) is 0.580. The lowest BCUT2D eigenvalue weighted by molar-refractivity contribution is 0.527. The maximum absolute atomic E-state index is 5.56. The molecular weight excluding hydrogens is 354 g/mol. The number of piperidine rings is 2. The van der Waals surface area contributed by atoms with Crippen LogP contribution in [0.1, 0.15) is 50.0 Å². The number of rotatable bonds is 5. The van der Waals surface area contributed by atoms with Gasteiger partial charge in [-0.25, -0.2) is 5.01 Å². The summed E-state index contributed by atoms with van der Waals surface area (Å²) >= 11 is 0. The van der Waals surface area contributed by atoms with Crippen molar-refractivity contribution in [2.24, 2.45) is 5.10 Å². The Bertz CT molecular complexity index is 770. The Balaban J connectivity index is 1.61. The van der Waals surface area contributed by atoms with Gasteiger partial charge in [0.2, 0.25) is 11.9 Å². The van der Waals surface area contributed by atoms with E-state index >= 15 is 0 Å². The number of furan rings is 1. The zero-order valence-corrected chi connectivity index (χ0v) is 16.8. The third-order valence-corrected chi connectivity index (χ3v) is 5.29. The van der Waals surface area contributed by atoms with E-state index in [2.05, 4.69) is 14.9 Å². The van der Waals surface area contributed by atoms with Crippen LogP contribution in [0.2, 0.25) is 0 Å². The van der Waals surface area contributed by atoms with Gasteiger partial charge >= 0.3 is 0 Å². The van der Waals surface area contributed by atoms with Crippen molar-refractivity contribution < 1.29 is 4.42 Å². The Labute approximate surface area is 166 Å². The van der Waals surface area contributed by atoms with Gasteiger partial charge in [0.05, 0.1) is 6.21 Å². The van der Waals surface area contributed by atoms with Crippen LogP contribution >= 0.6 is 0 Å². The smallest absolute Gasteiger partial charge is 0.252 e. The van der Waals surface area contributed by atoms with E-state index in [4.69, 9.17) is 19.4 Å². The number of hydrazone groups is 1. The van der Waals surface area contributed by atoms with Crippen LogP contribution in [0.3, 0.4) is 0 Å². The molecule has 0 radical (unpaired) electrons. The van der Waals surface area contributed by atoms with E-state index in [-0.39, 0.29) is 0 Å². The summed E-state index contributed by atoms with van der Waals surface area (Å²) in [5, 5.41) is 6.17. The largest absolute Gasteiger partial charge is 0.460 e. The molecule has 2 aliphatic rings. The summed E-state index contributed by atoms with van der Waals surface area (Å²) in [5.41, 5.74) is 0. The van der Waals surface area contributed by atoms with Crippen LogP contribution < -0.4 is 14.8 Å². The molecule has 0 aliphatic carbocycles. The highest BCUT2D eigenvalue weighted by Gasteiger charge is 2.21. The first-order valence-electron chi connectivity index (χ1n) is 10.3. The first-order valence-corrected chi connectivity index (χ1v) is 10.3. The van der Waals surface area contributed by atoms with Gasteiger partial charge in [-0.3, -0.25) is 0 Å². The monoisotopic (exact) mass is 383 g/mol. The molecule has 28 heavy (non-hydrogen) atoms. The van der Waals surface area contributed by atoms with Crippen molar-refractivity contribution in [3.05, 3.63) is 23.7 Å². The molecule has 0 N–H and O–H groups in total. The van der Waals surface area contributed by atoms with Crippen LogP contribution in [-0.4, -0.2) is 54.4 Å². The first kappa shape index (κ1) is 18.7. The molecule has 8 heteroatoms. The summed E-state index contributed by atoms with van der Waals surface area (Å²) in [6.45, 7) is 5.93. The maximum Gasteiger partial charge on any atom is 0.252 e. The van der Waals surface area contributed by atoms with Crippen LogP contribution in [-0.2, 0) is 0 Å². The van der Waals surface area contributed by atoms with Gasteiger partial charge in [0.1, 0.15) is 11.5 Å². The molecule has 0 aromatic carbocycles. The van der Waals surface area contributed by atoms with Gasteiger partial charge < -0.3 is 14.2 Å². The van der Waals surface area contributed by atoms with E-state index in [1.807, 2.05) is 26.1 Å². The van der Waals surface area contributed by atoms with Gasteiger partial charge in [-0.1, -0.05) is 0 Å². The molecule has 8 nitrogen and oxygen atoms in total. The van der Waals surface area contributed by atoms with Crippen LogP contribution in [0, 0.1) is 6.92 Å². The van der Waals surface area contributed by atoms with Gasteiger partial charge in [-0.15, -0.1) is 0 Å². The topological polar surface area (TPSA) is 73.9 Å². The molecule has 0 saturated carbocycles. The highest BCUT2D eigenvalue weighted by molar-refractivity contribution is 5.76. The Hall–Kier alpha value is -2.64. The number of anilines is 3. The summed E-state index contributed by atoms with van der Waals surface area (Å²) in [6.07, 6.45) is 8.99. The minimum Gasteiger partial charge on any atom is -0.460 e. The van der Waals surface area contributed by atoms with Crippen molar-refractivity contribution in [1.29, 1.82) is 0 Å². The van der Waals surface area contributed by atoms with Gasteiger partial charge in [0.25, 0.3) is 5.95 Å². The van der Waals surface area contributed by atoms with E-state index in [1.165, 1.54) is 38.5 Å². The van der Waals surface area contributed by atoms with Crippen molar-refractivity contribution in [2.75, 3.05) is 48.0 Å². The molecule has 2 fully saturated rings. The molecule has 2 saturated heterocycles. The van der Waals surface area contributed by atoms with E-state index in [1.54, 1.807) is 11.2 Å². The summed E-state index contributed by atoms with van der Waals surface area (Å²) in [5.74, 6) is 3.67. The van der Waals surface area contributed by atoms with Gasteiger partial charge in [-0.05, 0) is 57.6 Å². The SMILES string of the molecule is Cc1ccc(/C=N/N(C)c2nc(N3CCCCC3)nc(N3CCCCC3)n2)o1. The minimum atomic E-state index is 0.565. The molecule has 2 aromatic rings. The highest BCUT2D eigenvalue weighted by atomic mass is 16.3. The standard InChI is InChI=1S/C20H29N7O/c1-16-9-10-17(28-16)15-21-25(2)18-22-19(26-11-5-3-6-12-26)24-20(23-18)27-13-7-4-8-14-27/h9-10,15H,3-8,11-14H2,1-2H3/b21-15+. The zero-order chi connectivity index (χ0) is 19.3. The number of aryl methyl sites for hydroxylation is 1. The second-order valence-electron chi connectivity index (χ2n) is 7.55. The van der Waals surface area contributed by atoms with Gasteiger partial charge in [0, 0.05) is 33.2 Å². The molecule has 0 spiro atoms. The molecule has 4 heterocycles. The summed E-state index contributed by atoms with van der Waals surface area (Å²) in [7, 11) is 1.86. The Morgan fingerprint density at radius 2 is 1.46 bits per heavy atom. The average molecular weight is 384 g/mol. The fraction of sp³-hybridized carbons (Fsp3) is 0.600. The van der Waals surface area contributed by atoms with Crippen molar-refractivity contribution >= 4 is 24.1 Å². The maximum atomic E-state index is 5.56. The van der Waals surface area contributed by atoms with E-state index in [9.17, 15) is 0 Å². The van der Waals surface area contributed by atoms with Crippen LogP contribution in [0.15, 0.2) is 21.7 Å². The predicted octanol–water partition coefficient (Wildman–Crippen LogP) is 3.22. The normalized spacial score (nSPS) is 18.1. The first-order chi connectivity index (χ1) is 13.7. The van der Waals surface area contributed by atoms with Crippen LogP contribution in [0.25, 0.3) is 0 Å². The van der Waals surface area contributed by atoms with E-state index in [0.29, 0.717) is 11.7 Å². The molecule has 0 amide bonds. The van der Waals surface area contributed by atoms with Crippen molar-refractivity contribution in [1.82, 2.24) is 15.0 Å². The van der Waals surface area contributed by atoms with Crippen molar-refractivity contribution in [3.8, 4) is 0 Å². The zero-order valence-electron chi connectivity index (χ0n) is 16.8. The van der Waals surface area contributed by atoms with Crippen molar-refractivity contribution in [3.63, 3.8) is 0 Å². The second kappa shape index (κ2) is 8.58. The third-order valence-electron chi connectivity index (χ3n) is 5.29. The predicted molar refractivity (Wildman–Crippen MR) is 111 cm³/mol. The second-order valence-corrected chi connectivity index (χ2v) is 7.55. The molecular formula is C20H29N7O. The Kier molecular flexibility index (Phi) is 5.73. The lowest BCUT2D eigenvalue weighted by Crippen LogP contribution is -2.35. The van der Waals surface area contributed by atoms with Gasteiger partial charge in [0.15, 0.2) is 0 Å². The third kappa shape index (κ3) is 4.43. The van der Waals surface area contributed by atoms with Crippen LogP contribution in [0.4, 0.5) is 17.8 Å². The fourth-order valence-corrected chi connectivity index (χ4v) is 3.68. The molecule has 0 unspecified atom stereocenters. The molecule has 150 valence electrons. The van der Waals surface area contributed by atoms with Gasteiger partial charge in [-0.2, -0.15) is 20.1 Å². The Morgan fingerprint density at radius 1 is 0.893 bits per heavy atom. The van der Waals surface area contributed by atoms with E-state index in [0.717, 1.165) is 43.8 Å². The average Bonchev–Trinajstić information content (AvgIpc) is 3.18. The summed E-state index contributed by atoms with van der Waals surface area (Å²) < 4.78 is 5.56. The number of aromatic nitrogens is 3. The number of hydrogen-bond donors (Lipinski definition) is 0. The van der Waals surface area contributed by atoms with Crippen LogP contribution in [0.5, 0.6) is 0 Å². The lowest BCUT2D eigenvalue weighted by atomic mass is 10.1. The molecule has 2 aliphatic heterocycles. The van der Waals surface area contributed by atoms with E-state index < -0.39 is 0 Å². The number of hydrogen-bond acceptors (Lipinski definition) is 8. The Morgan fingerprint density at radius 3 is 1.96 bits per heavy atom. The summed E-state index contributed by atoms with van der Waals surface area (Å²) in [6, 6.07) is 3.83. The molecule has 0 atom stereocenters. The van der Waals surface area contributed by atoms with Crippen molar-refractivity contribution in [2.45, 2.75) is 45.4 Å². The fourth-order valence-electron chi connectivity index (χ4n) is 3.68. The lowest BCUT2D eigenvalue weighted by Gasteiger charge is -2.30. The molecule has 4 rings (SSSR count). The molecule has 0 bridgehead atoms. The number of nitrogens with zero attached hydrogens (tertiary/aromatic N) is 7. The highest BCUT2D eigenvalue weighted by Crippen LogP contribution is 2.23. The molecule has 2 aromatic heterocycles. The summed E-state index contributed by atoms with van der Waals surface area (Å²) in [4.78, 5) is 18.8. The minimum absolute atomic E-state index is 0.565.